The van der Waals surface area contributed by atoms with Crippen molar-refractivity contribution in [2.75, 3.05) is 5.32 Å². The van der Waals surface area contributed by atoms with Gasteiger partial charge < -0.3 is 5.32 Å². The maximum atomic E-state index is 12.3. The van der Waals surface area contributed by atoms with Crippen LogP contribution in [0.1, 0.15) is 27.8 Å². The number of hydrogen-bond acceptors (Lipinski definition) is 3. The minimum absolute atomic E-state index is 0.0133. The highest BCUT2D eigenvalue weighted by atomic mass is 79.9. The average Bonchev–Trinajstić information content (AvgIpc) is 3.06. The number of benzene rings is 2. The number of ketones is 1. The summed E-state index contributed by atoms with van der Waals surface area (Å²) in [5, 5.41) is 9.68. The Morgan fingerprint density at radius 2 is 1.71 bits per heavy atom. The normalized spacial score (nSPS) is 10.4. The van der Waals surface area contributed by atoms with Crippen LogP contribution in [0, 0.1) is 0 Å². The Hall–Kier alpha value is -2.73. The number of nitrogens with zero attached hydrogens (tertiary/aromatic N) is 1. The van der Waals surface area contributed by atoms with Gasteiger partial charge >= 0.3 is 0 Å². The van der Waals surface area contributed by atoms with Gasteiger partial charge in [0.25, 0.3) is 5.91 Å². The van der Waals surface area contributed by atoms with Gasteiger partial charge in [-0.2, -0.15) is 5.10 Å². The summed E-state index contributed by atoms with van der Waals surface area (Å²) in [5.74, 6) is -0.304. The topological polar surface area (TPSA) is 74.8 Å². The van der Waals surface area contributed by atoms with Crippen LogP contribution in [0.2, 0.25) is 0 Å². The van der Waals surface area contributed by atoms with E-state index in [-0.39, 0.29) is 11.7 Å². The van der Waals surface area contributed by atoms with Crippen molar-refractivity contribution in [3.05, 3.63) is 70.3 Å². The molecular weight excluding hydrogens is 370 g/mol. The quantitative estimate of drug-likeness (QED) is 0.659. The molecule has 0 aliphatic heterocycles. The monoisotopic (exact) mass is 383 g/mol. The average molecular weight is 384 g/mol. The largest absolute Gasteiger partial charge is 0.321 e. The first-order valence-electron chi connectivity index (χ1n) is 7.26. The van der Waals surface area contributed by atoms with Gasteiger partial charge in [-0.05, 0) is 49.4 Å². The summed E-state index contributed by atoms with van der Waals surface area (Å²) < 4.78 is 0.980. The van der Waals surface area contributed by atoms with Crippen LogP contribution < -0.4 is 5.32 Å². The van der Waals surface area contributed by atoms with Crippen LogP contribution in [0.3, 0.4) is 0 Å². The van der Waals surface area contributed by atoms with Crippen molar-refractivity contribution in [2.24, 2.45) is 0 Å². The minimum Gasteiger partial charge on any atom is -0.321 e. The molecule has 1 amide bonds. The standard InChI is InChI=1S/C18H14BrN3O2/c1-11(23)12-4-8-15(9-5-12)20-18(24)17-10-16(21-22-17)13-2-6-14(19)7-3-13/h2-10H,1H3,(H,20,24)(H,21,22). The van der Waals surface area contributed by atoms with Gasteiger partial charge in [0.05, 0.1) is 5.69 Å². The SMILES string of the molecule is CC(=O)c1ccc(NC(=O)c2cc(-c3ccc(Br)cc3)n[nH]2)cc1. The molecule has 2 aromatic carbocycles. The Morgan fingerprint density at radius 1 is 1.04 bits per heavy atom. The minimum atomic E-state index is -0.290. The second kappa shape index (κ2) is 6.80. The predicted octanol–water partition coefficient (Wildman–Crippen LogP) is 4.29. The Bertz CT molecular complexity index is 883. The fraction of sp³-hybridized carbons (Fsp3) is 0.0556. The van der Waals surface area contributed by atoms with Gasteiger partial charge in [-0.1, -0.05) is 28.1 Å². The summed E-state index contributed by atoms with van der Waals surface area (Å²) in [5.41, 5.74) is 3.19. The van der Waals surface area contributed by atoms with E-state index in [2.05, 4.69) is 31.4 Å². The zero-order valence-corrected chi connectivity index (χ0v) is 14.4. The second-order valence-corrected chi connectivity index (χ2v) is 6.18. The van der Waals surface area contributed by atoms with E-state index in [4.69, 9.17) is 0 Å². The summed E-state index contributed by atoms with van der Waals surface area (Å²) in [7, 11) is 0. The van der Waals surface area contributed by atoms with Crippen LogP contribution in [-0.2, 0) is 0 Å². The lowest BCUT2D eigenvalue weighted by molar-refractivity contribution is 0.101. The van der Waals surface area contributed by atoms with Gasteiger partial charge in [-0.15, -0.1) is 0 Å². The Kier molecular flexibility index (Phi) is 4.57. The van der Waals surface area contributed by atoms with Gasteiger partial charge in [-0.3, -0.25) is 14.7 Å². The molecule has 0 aliphatic rings. The first kappa shape index (κ1) is 16.1. The van der Waals surface area contributed by atoms with Crippen molar-refractivity contribution in [3.63, 3.8) is 0 Å². The van der Waals surface area contributed by atoms with Crippen molar-refractivity contribution in [1.29, 1.82) is 0 Å². The van der Waals surface area contributed by atoms with E-state index in [0.29, 0.717) is 22.6 Å². The molecule has 0 saturated heterocycles. The molecule has 120 valence electrons. The molecule has 3 rings (SSSR count). The Labute approximate surface area is 147 Å². The number of Topliss-reactive ketones (excluding diaryl/α,β-unsaturated/α-hetero) is 1. The molecule has 1 aromatic heterocycles. The van der Waals surface area contributed by atoms with Crippen molar-refractivity contribution >= 4 is 33.3 Å². The summed E-state index contributed by atoms with van der Waals surface area (Å²) in [6, 6.07) is 16.1. The molecule has 5 nitrogen and oxygen atoms in total. The van der Waals surface area contributed by atoms with E-state index in [9.17, 15) is 9.59 Å². The third-order valence-electron chi connectivity index (χ3n) is 3.51. The molecule has 1 heterocycles. The van der Waals surface area contributed by atoms with Crippen molar-refractivity contribution in [1.82, 2.24) is 10.2 Å². The van der Waals surface area contributed by atoms with Crippen molar-refractivity contribution in [3.8, 4) is 11.3 Å². The van der Waals surface area contributed by atoms with E-state index in [0.717, 1.165) is 10.0 Å². The maximum Gasteiger partial charge on any atom is 0.273 e. The number of amides is 1. The molecule has 0 aliphatic carbocycles. The molecule has 0 atom stereocenters. The molecular formula is C18H14BrN3O2. The number of aromatic amines is 1. The van der Waals surface area contributed by atoms with Gasteiger partial charge in [0.15, 0.2) is 5.78 Å². The van der Waals surface area contributed by atoms with Crippen LogP contribution in [-0.4, -0.2) is 21.9 Å². The lowest BCUT2D eigenvalue weighted by Gasteiger charge is -2.04. The van der Waals surface area contributed by atoms with Gasteiger partial charge in [0.1, 0.15) is 5.69 Å². The van der Waals surface area contributed by atoms with Crippen LogP contribution in [0.4, 0.5) is 5.69 Å². The van der Waals surface area contributed by atoms with Gasteiger partial charge in [0.2, 0.25) is 0 Å². The van der Waals surface area contributed by atoms with Crippen molar-refractivity contribution in [2.45, 2.75) is 6.92 Å². The predicted molar refractivity (Wildman–Crippen MR) is 96.1 cm³/mol. The van der Waals surface area contributed by atoms with Crippen LogP contribution in [0.15, 0.2) is 59.1 Å². The molecule has 0 saturated carbocycles. The molecule has 3 aromatic rings. The van der Waals surface area contributed by atoms with Crippen LogP contribution in [0.25, 0.3) is 11.3 Å². The van der Waals surface area contributed by atoms with E-state index in [1.165, 1.54) is 6.92 Å². The van der Waals surface area contributed by atoms with Gasteiger partial charge in [0, 0.05) is 21.3 Å². The lowest BCUT2D eigenvalue weighted by atomic mass is 10.1. The molecule has 0 fully saturated rings. The summed E-state index contributed by atoms with van der Waals surface area (Å²) in [4.78, 5) is 23.5. The van der Waals surface area contributed by atoms with Crippen molar-refractivity contribution < 1.29 is 9.59 Å². The van der Waals surface area contributed by atoms with E-state index in [1.807, 2.05) is 24.3 Å². The van der Waals surface area contributed by atoms with E-state index < -0.39 is 0 Å². The first-order valence-corrected chi connectivity index (χ1v) is 8.06. The molecule has 24 heavy (non-hydrogen) atoms. The number of nitrogens with one attached hydrogen (secondary N) is 2. The van der Waals surface area contributed by atoms with Crippen LogP contribution in [0.5, 0.6) is 0 Å². The number of halogens is 1. The number of aromatic nitrogens is 2. The summed E-state index contributed by atoms with van der Waals surface area (Å²) in [6.45, 7) is 1.50. The number of H-pyrrole nitrogens is 1. The lowest BCUT2D eigenvalue weighted by Crippen LogP contribution is -2.12. The third kappa shape index (κ3) is 3.60. The highest BCUT2D eigenvalue weighted by molar-refractivity contribution is 9.10. The smallest absolute Gasteiger partial charge is 0.273 e. The fourth-order valence-corrected chi connectivity index (χ4v) is 2.46. The molecule has 0 radical (unpaired) electrons. The maximum absolute atomic E-state index is 12.3. The molecule has 0 unspecified atom stereocenters. The number of carbonyl (C=O) groups excluding carboxylic acids is 2. The van der Waals surface area contributed by atoms with E-state index in [1.54, 1.807) is 30.3 Å². The molecule has 6 heteroatoms. The first-order chi connectivity index (χ1) is 11.5. The Morgan fingerprint density at radius 3 is 2.33 bits per heavy atom. The van der Waals surface area contributed by atoms with Crippen LogP contribution >= 0.6 is 15.9 Å². The second-order valence-electron chi connectivity index (χ2n) is 5.26. The number of anilines is 1. The molecule has 0 bridgehead atoms. The van der Waals surface area contributed by atoms with Gasteiger partial charge in [-0.25, -0.2) is 0 Å². The molecule has 0 spiro atoms. The summed E-state index contributed by atoms with van der Waals surface area (Å²) >= 11 is 3.38. The summed E-state index contributed by atoms with van der Waals surface area (Å²) in [6.07, 6.45) is 0. The Balaban J connectivity index is 1.73. The number of hydrogen-bond donors (Lipinski definition) is 2. The molecule has 2 N–H and O–H groups in total. The fourth-order valence-electron chi connectivity index (χ4n) is 2.19. The highest BCUT2D eigenvalue weighted by Gasteiger charge is 2.11. The number of rotatable bonds is 4. The zero-order chi connectivity index (χ0) is 17.1. The highest BCUT2D eigenvalue weighted by Crippen LogP contribution is 2.21. The van der Waals surface area contributed by atoms with E-state index >= 15 is 0 Å². The number of carbonyl (C=O) groups is 2. The zero-order valence-electron chi connectivity index (χ0n) is 12.8. The third-order valence-corrected chi connectivity index (χ3v) is 4.04.